The normalized spacial score (nSPS) is 10.8. The largest absolute Gasteiger partial charge is 0.457 e. The second-order valence-electron chi connectivity index (χ2n) is 3.98. The maximum atomic E-state index is 12.0. The van der Waals surface area contributed by atoms with E-state index in [1.54, 1.807) is 17.4 Å². The highest BCUT2D eigenvalue weighted by Gasteiger charge is 2.13. The Labute approximate surface area is 121 Å². The second kappa shape index (κ2) is 4.79. The van der Waals surface area contributed by atoms with Crippen molar-refractivity contribution in [1.29, 1.82) is 0 Å². The van der Waals surface area contributed by atoms with Gasteiger partial charge < -0.3 is 9.73 Å². The van der Waals surface area contributed by atoms with Crippen LogP contribution in [0.4, 0.5) is 5.69 Å². The van der Waals surface area contributed by atoms with Crippen molar-refractivity contribution in [2.24, 2.45) is 0 Å². The summed E-state index contributed by atoms with van der Waals surface area (Å²) in [6.07, 6.45) is 1.47. The molecule has 2 heterocycles. The third kappa shape index (κ3) is 2.41. The van der Waals surface area contributed by atoms with Gasteiger partial charge in [0.25, 0.3) is 5.91 Å². The van der Waals surface area contributed by atoms with E-state index < -0.39 is 0 Å². The van der Waals surface area contributed by atoms with Crippen molar-refractivity contribution in [1.82, 2.24) is 4.98 Å². The van der Waals surface area contributed by atoms with E-state index in [0.29, 0.717) is 10.2 Å². The van der Waals surface area contributed by atoms with E-state index in [9.17, 15) is 4.79 Å². The zero-order valence-corrected chi connectivity index (χ0v) is 12.3. The van der Waals surface area contributed by atoms with Gasteiger partial charge in [0.05, 0.1) is 27.1 Å². The van der Waals surface area contributed by atoms with Gasteiger partial charge in [0, 0.05) is 5.69 Å². The van der Waals surface area contributed by atoms with Crippen molar-refractivity contribution in [2.75, 3.05) is 5.32 Å². The van der Waals surface area contributed by atoms with Gasteiger partial charge in [-0.25, -0.2) is 4.98 Å². The zero-order valence-electron chi connectivity index (χ0n) is 9.94. The number of thiazole rings is 1. The number of halogens is 1. The van der Waals surface area contributed by atoms with Crippen LogP contribution in [0.3, 0.4) is 0 Å². The molecule has 1 N–H and O–H groups in total. The molecule has 0 saturated carbocycles. The van der Waals surface area contributed by atoms with Gasteiger partial charge in [-0.3, -0.25) is 4.79 Å². The van der Waals surface area contributed by atoms with Crippen LogP contribution in [0.1, 0.15) is 15.4 Å². The molecule has 0 atom stereocenters. The minimum Gasteiger partial charge on any atom is -0.457 e. The molecule has 96 valence electrons. The Balaban J connectivity index is 1.89. The van der Waals surface area contributed by atoms with Gasteiger partial charge in [0.15, 0.2) is 4.67 Å². The molecule has 3 rings (SSSR count). The van der Waals surface area contributed by atoms with Crippen LogP contribution in [0.5, 0.6) is 0 Å². The van der Waals surface area contributed by atoms with E-state index in [4.69, 9.17) is 4.42 Å². The van der Waals surface area contributed by atoms with Crippen LogP contribution in [-0.2, 0) is 0 Å². The molecule has 0 saturated heterocycles. The number of hydrogen-bond acceptors (Lipinski definition) is 4. The number of nitrogens with one attached hydrogen (secondary N) is 1. The van der Waals surface area contributed by atoms with E-state index in [1.165, 1.54) is 6.26 Å². The van der Waals surface area contributed by atoms with Crippen molar-refractivity contribution >= 4 is 49.1 Å². The number of rotatable bonds is 2. The van der Waals surface area contributed by atoms with E-state index in [0.717, 1.165) is 20.9 Å². The molecule has 0 fully saturated rings. The summed E-state index contributed by atoms with van der Waals surface area (Å²) in [5, 5.41) is 3.85. The topological polar surface area (TPSA) is 55.1 Å². The molecular formula is C13H9BrN2O2S. The molecule has 0 aliphatic heterocycles. The van der Waals surface area contributed by atoms with Crippen molar-refractivity contribution < 1.29 is 9.21 Å². The van der Waals surface area contributed by atoms with E-state index in [1.807, 2.05) is 25.1 Å². The van der Waals surface area contributed by atoms with Gasteiger partial charge >= 0.3 is 0 Å². The van der Waals surface area contributed by atoms with E-state index in [2.05, 4.69) is 26.2 Å². The van der Waals surface area contributed by atoms with Gasteiger partial charge in [-0.05, 0) is 47.1 Å². The number of carbonyl (C=O) groups is 1. The van der Waals surface area contributed by atoms with Gasteiger partial charge in [-0.2, -0.15) is 0 Å². The van der Waals surface area contributed by atoms with Crippen LogP contribution >= 0.6 is 27.3 Å². The first-order valence-electron chi connectivity index (χ1n) is 5.55. The molecule has 6 heteroatoms. The summed E-state index contributed by atoms with van der Waals surface area (Å²) in [5.74, 6) is -0.207. The number of aromatic nitrogens is 1. The number of furan rings is 1. The van der Waals surface area contributed by atoms with Gasteiger partial charge in [-0.15, -0.1) is 11.3 Å². The average molecular weight is 337 g/mol. The molecular weight excluding hydrogens is 328 g/mol. The number of carbonyl (C=O) groups excluding carboxylic acids is 1. The molecule has 19 heavy (non-hydrogen) atoms. The Morgan fingerprint density at radius 2 is 2.26 bits per heavy atom. The number of benzene rings is 1. The molecule has 0 radical (unpaired) electrons. The minimum absolute atomic E-state index is 0.207. The fraction of sp³-hybridized carbons (Fsp3) is 0.0769. The smallest absolute Gasteiger partial charge is 0.260 e. The lowest BCUT2D eigenvalue weighted by Crippen LogP contribution is -2.11. The van der Waals surface area contributed by atoms with Crippen molar-refractivity contribution in [3.05, 3.63) is 45.8 Å². The summed E-state index contributed by atoms with van der Waals surface area (Å²) in [4.78, 5) is 16.4. The molecule has 0 aliphatic rings. The van der Waals surface area contributed by atoms with Crippen molar-refractivity contribution in [3.8, 4) is 0 Å². The molecule has 3 aromatic rings. The molecule has 0 unspecified atom stereocenters. The molecule has 0 aliphatic carbocycles. The molecule has 1 aromatic carbocycles. The summed E-state index contributed by atoms with van der Waals surface area (Å²) in [6, 6.07) is 7.28. The number of fused-ring (bicyclic) bond motifs is 1. The highest BCUT2D eigenvalue weighted by molar-refractivity contribution is 9.10. The molecule has 1 amide bonds. The highest BCUT2D eigenvalue weighted by Crippen LogP contribution is 2.25. The lowest BCUT2D eigenvalue weighted by Gasteiger charge is -2.03. The molecule has 0 spiro atoms. The van der Waals surface area contributed by atoms with Gasteiger partial charge in [-0.1, -0.05) is 0 Å². The standard InChI is InChI=1S/C13H9BrN2O2S/c1-7-15-10-3-2-8(6-11(10)19-7)16-13(17)9-4-5-18-12(9)14/h2-6H,1H3,(H,16,17). The maximum absolute atomic E-state index is 12.0. The van der Waals surface area contributed by atoms with Crippen molar-refractivity contribution in [2.45, 2.75) is 6.92 Å². The number of amides is 1. The lowest BCUT2D eigenvalue weighted by atomic mass is 10.2. The summed E-state index contributed by atoms with van der Waals surface area (Å²) in [6.45, 7) is 1.96. The first kappa shape index (κ1) is 12.4. The van der Waals surface area contributed by atoms with Crippen LogP contribution < -0.4 is 5.32 Å². The van der Waals surface area contributed by atoms with Crippen LogP contribution in [0, 0.1) is 6.92 Å². The Kier molecular flexibility index (Phi) is 3.12. The molecule has 0 bridgehead atoms. The van der Waals surface area contributed by atoms with Crippen LogP contribution in [0.2, 0.25) is 0 Å². The zero-order chi connectivity index (χ0) is 13.4. The van der Waals surface area contributed by atoms with E-state index in [-0.39, 0.29) is 5.91 Å². The number of nitrogens with zero attached hydrogens (tertiary/aromatic N) is 1. The first-order chi connectivity index (χ1) is 9.13. The summed E-state index contributed by atoms with van der Waals surface area (Å²) >= 11 is 4.79. The van der Waals surface area contributed by atoms with Gasteiger partial charge in [0.2, 0.25) is 0 Å². The summed E-state index contributed by atoms with van der Waals surface area (Å²) in [5.41, 5.74) is 2.17. The fourth-order valence-electron chi connectivity index (χ4n) is 1.77. The third-order valence-electron chi connectivity index (χ3n) is 2.62. The average Bonchev–Trinajstić information content (AvgIpc) is 2.93. The molecule has 4 nitrogen and oxygen atoms in total. The number of anilines is 1. The highest BCUT2D eigenvalue weighted by atomic mass is 79.9. The van der Waals surface area contributed by atoms with Crippen LogP contribution in [0.25, 0.3) is 10.2 Å². The first-order valence-corrected chi connectivity index (χ1v) is 7.16. The summed E-state index contributed by atoms with van der Waals surface area (Å²) in [7, 11) is 0. The minimum atomic E-state index is -0.207. The predicted molar refractivity (Wildman–Crippen MR) is 78.7 cm³/mol. The third-order valence-corrected chi connectivity index (χ3v) is 4.16. The fourth-order valence-corrected chi connectivity index (χ4v) is 3.06. The Morgan fingerprint density at radius 3 is 3.00 bits per heavy atom. The lowest BCUT2D eigenvalue weighted by molar-refractivity contribution is 0.102. The maximum Gasteiger partial charge on any atom is 0.260 e. The number of aryl methyl sites for hydroxylation is 1. The molecule has 2 aromatic heterocycles. The number of hydrogen-bond donors (Lipinski definition) is 1. The van der Waals surface area contributed by atoms with Crippen molar-refractivity contribution in [3.63, 3.8) is 0 Å². The SMILES string of the molecule is Cc1nc2ccc(NC(=O)c3ccoc3Br)cc2s1. The second-order valence-corrected chi connectivity index (χ2v) is 5.93. The van der Waals surface area contributed by atoms with Crippen LogP contribution in [-0.4, -0.2) is 10.9 Å². The predicted octanol–water partition coefficient (Wildman–Crippen LogP) is 4.21. The Bertz CT molecular complexity index is 763. The van der Waals surface area contributed by atoms with Gasteiger partial charge in [0.1, 0.15) is 0 Å². The van der Waals surface area contributed by atoms with E-state index >= 15 is 0 Å². The monoisotopic (exact) mass is 336 g/mol. The summed E-state index contributed by atoms with van der Waals surface area (Å²) < 4.78 is 6.53. The quantitative estimate of drug-likeness (QED) is 0.762. The van der Waals surface area contributed by atoms with Crippen LogP contribution in [0.15, 0.2) is 39.6 Å². The Morgan fingerprint density at radius 1 is 1.42 bits per heavy atom. The Hall–Kier alpha value is -1.66.